The van der Waals surface area contributed by atoms with Crippen LogP contribution in [0.1, 0.15) is 32.3 Å². The zero-order valence-corrected chi connectivity index (χ0v) is 23.0. The molecule has 2 aromatic rings. The lowest BCUT2D eigenvalue weighted by Crippen LogP contribution is -2.45. The van der Waals surface area contributed by atoms with Gasteiger partial charge in [0.25, 0.3) is 0 Å². The maximum atomic E-state index is 13.7. The molecule has 1 saturated heterocycles. The van der Waals surface area contributed by atoms with E-state index in [1.807, 2.05) is 42.4 Å². The molecule has 1 N–H and O–H groups in total. The maximum Gasteiger partial charge on any atom is 0.409 e. The Morgan fingerprint density at radius 1 is 1.08 bits per heavy atom. The summed E-state index contributed by atoms with van der Waals surface area (Å²) in [6.07, 6.45) is 1.95. The van der Waals surface area contributed by atoms with Crippen molar-refractivity contribution < 1.29 is 18.5 Å². The molecule has 37 heavy (non-hydrogen) atoms. The number of hydrogen-bond donors (Lipinski definition) is 1. The van der Waals surface area contributed by atoms with Crippen molar-refractivity contribution in [1.82, 2.24) is 15.1 Å². The highest BCUT2D eigenvalue weighted by molar-refractivity contribution is 7.86. The van der Waals surface area contributed by atoms with E-state index >= 15 is 0 Å². The summed E-state index contributed by atoms with van der Waals surface area (Å²) in [5, 5.41) is 3.50. The van der Waals surface area contributed by atoms with Crippen LogP contribution in [-0.2, 0) is 26.9 Å². The van der Waals surface area contributed by atoms with Crippen molar-refractivity contribution in [3.05, 3.63) is 59.1 Å². The number of carbonyl (C=O) groups excluding carboxylic acids is 2. The minimum absolute atomic E-state index is 0.00242. The molecule has 200 valence electrons. The monoisotopic (exact) mass is 546 g/mol. The number of rotatable bonds is 7. The summed E-state index contributed by atoms with van der Waals surface area (Å²) in [6.45, 7) is 6.80. The lowest BCUT2D eigenvalue weighted by molar-refractivity contribution is -0.122. The van der Waals surface area contributed by atoms with Crippen LogP contribution in [0.5, 0.6) is 0 Å². The third-order valence-corrected chi connectivity index (χ3v) is 8.34. The van der Waals surface area contributed by atoms with Crippen molar-refractivity contribution in [2.24, 2.45) is 0 Å². The van der Waals surface area contributed by atoms with Crippen LogP contribution in [0.4, 0.5) is 10.5 Å². The molecule has 0 aliphatic carbocycles. The molecule has 1 fully saturated rings. The van der Waals surface area contributed by atoms with Gasteiger partial charge in [0.15, 0.2) is 11.0 Å². The van der Waals surface area contributed by atoms with Gasteiger partial charge in [0.05, 0.1) is 23.2 Å². The molecule has 0 radical (unpaired) electrons. The second-order valence-corrected chi connectivity index (χ2v) is 11.6. The number of benzene rings is 2. The lowest BCUT2D eigenvalue weighted by atomic mass is 9.98. The first kappa shape index (κ1) is 27.4. The lowest BCUT2D eigenvalue weighted by Gasteiger charge is -2.37. The van der Waals surface area contributed by atoms with E-state index in [1.165, 1.54) is 0 Å². The van der Waals surface area contributed by atoms with Crippen LogP contribution >= 0.6 is 11.6 Å². The van der Waals surface area contributed by atoms with Gasteiger partial charge >= 0.3 is 6.09 Å². The van der Waals surface area contributed by atoms with E-state index in [4.69, 9.17) is 16.3 Å². The van der Waals surface area contributed by atoms with Crippen LogP contribution < -0.4 is 9.62 Å². The van der Waals surface area contributed by atoms with Gasteiger partial charge in [-0.2, -0.15) is 0 Å². The van der Waals surface area contributed by atoms with Crippen LogP contribution in [0.15, 0.2) is 53.4 Å². The largest absolute Gasteiger partial charge is 0.447 e. The quantitative estimate of drug-likeness (QED) is 0.570. The van der Waals surface area contributed by atoms with Crippen molar-refractivity contribution in [1.29, 1.82) is 0 Å². The Labute approximate surface area is 226 Å². The first-order valence-corrected chi connectivity index (χ1v) is 14.3. The molecule has 0 saturated carbocycles. The summed E-state index contributed by atoms with van der Waals surface area (Å²) in [7, 11) is -1.48. The van der Waals surface area contributed by atoms with Crippen molar-refractivity contribution in [3.63, 3.8) is 0 Å². The van der Waals surface area contributed by atoms with E-state index in [0.29, 0.717) is 36.1 Å². The molecule has 2 heterocycles. The SMILES string of the molecule is CC(C)NC(=O)CN1CCCN(C(=O)OCC2CCc3ccccc3N2S(=O)c2ccc(Cl)cc2)CC1. The number of halogens is 1. The van der Waals surface area contributed by atoms with Crippen LogP contribution in [0.2, 0.25) is 5.02 Å². The van der Waals surface area contributed by atoms with E-state index in [-0.39, 0.29) is 30.7 Å². The van der Waals surface area contributed by atoms with Gasteiger partial charge in [0.2, 0.25) is 5.91 Å². The number of aryl methyl sites for hydroxylation is 1. The molecule has 2 amide bonds. The highest BCUT2D eigenvalue weighted by Crippen LogP contribution is 2.34. The van der Waals surface area contributed by atoms with Gasteiger partial charge in [0, 0.05) is 37.2 Å². The van der Waals surface area contributed by atoms with Crippen LogP contribution in [0.25, 0.3) is 0 Å². The molecule has 0 spiro atoms. The fourth-order valence-electron chi connectivity index (χ4n) is 4.75. The Morgan fingerprint density at radius 2 is 1.84 bits per heavy atom. The molecule has 10 heteroatoms. The Balaban J connectivity index is 1.39. The first-order chi connectivity index (χ1) is 17.8. The predicted molar refractivity (Wildman–Crippen MR) is 146 cm³/mol. The van der Waals surface area contributed by atoms with Gasteiger partial charge in [-0.1, -0.05) is 29.8 Å². The second-order valence-electron chi connectivity index (χ2n) is 9.77. The van der Waals surface area contributed by atoms with Crippen molar-refractivity contribution >= 4 is 40.3 Å². The maximum absolute atomic E-state index is 13.7. The average molecular weight is 547 g/mol. The van der Waals surface area contributed by atoms with Gasteiger partial charge in [-0.3, -0.25) is 14.0 Å². The fourth-order valence-corrected chi connectivity index (χ4v) is 6.27. The summed E-state index contributed by atoms with van der Waals surface area (Å²) in [5.41, 5.74) is 2.02. The van der Waals surface area contributed by atoms with Crippen LogP contribution in [0.3, 0.4) is 0 Å². The molecule has 4 rings (SSSR count). The van der Waals surface area contributed by atoms with Gasteiger partial charge in [-0.25, -0.2) is 9.00 Å². The molecule has 8 nitrogen and oxygen atoms in total. The predicted octanol–water partition coefficient (Wildman–Crippen LogP) is 3.85. The molecule has 2 atom stereocenters. The number of hydrogen-bond acceptors (Lipinski definition) is 5. The number of para-hydroxylation sites is 1. The average Bonchev–Trinajstić information content (AvgIpc) is 3.12. The van der Waals surface area contributed by atoms with Gasteiger partial charge in [-0.15, -0.1) is 0 Å². The summed E-state index contributed by atoms with van der Waals surface area (Å²) in [4.78, 5) is 29.5. The number of carbonyl (C=O) groups is 2. The standard InChI is InChI=1S/C27H35ClN4O4S/c1-20(2)29-26(33)18-30-14-5-15-31(17-16-30)27(34)36-19-23-11-8-21-6-3-4-7-25(21)32(23)37(35)24-12-9-22(28)10-13-24/h3-4,6-7,9-10,12-13,20,23H,5,8,11,14-19H2,1-2H3,(H,29,33). The molecular formula is C27H35ClN4O4S. The van der Waals surface area contributed by atoms with E-state index in [9.17, 15) is 13.8 Å². The Hall–Kier alpha value is -2.62. The molecule has 2 aromatic carbocycles. The highest BCUT2D eigenvalue weighted by atomic mass is 35.5. The van der Waals surface area contributed by atoms with Gasteiger partial charge in [-0.05, 0) is 69.0 Å². The summed E-state index contributed by atoms with van der Waals surface area (Å²) in [5.74, 6) is -0.00242. The normalized spacial score (nSPS) is 19.2. The van der Waals surface area contributed by atoms with E-state index in [0.717, 1.165) is 37.1 Å². The third-order valence-electron chi connectivity index (χ3n) is 6.56. The zero-order chi connectivity index (χ0) is 26.4. The number of fused-ring (bicyclic) bond motifs is 1. The van der Waals surface area contributed by atoms with Crippen LogP contribution in [0, 0.1) is 0 Å². The zero-order valence-electron chi connectivity index (χ0n) is 21.4. The third kappa shape index (κ3) is 7.24. The first-order valence-electron chi connectivity index (χ1n) is 12.8. The minimum atomic E-state index is -1.48. The molecule has 2 aliphatic rings. The molecule has 0 bridgehead atoms. The summed E-state index contributed by atoms with van der Waals surface area (Å²) in [6, 6.07) is 14.8. The summed E-state index contributed by atoms with van der Waals surface area (Å²) < 4.78 is 21.3. The van der Waals surface area contributed by atoms with Crippen molar-refractivity contribution in [2.75, 3.05) is 43.6 Å². The van der Waals surface area contributed by atoms with E-state index < -0.39 is 11.0 Å². The molecule has 2 aliphatic heterocycles. The molecular weight excluding hydrogens is 512 g/mol. The van der Waals surface area contributed by atoms with E-state index in [1.54, 1.807) is 29.2 Å². The Kier molecular flexibility index (Phi) is 9.45. The van der Waals surface area contributed by atoms with E-state index in [2.05, 4.69) is 10.2 Å². The number of anilines is 1. The Morgan fingerprint density at radius 3 is 2.59 bits per heavy atom. The number of amides is 2. The number of ether oxygens (including phenoxy) is 1. The number of nitrogens with one attached hydrogen (secondary N) is 1. The second kappa shape index (κ2) is 12.8. The molecule has 2 unspecified atom stereocenters. The smallest absolute Gasteiger partial charge is 0.409 e. The Bertz CT molecular complexity index is 1110. The van der Waals surface area contributed by atoms with Crippen LogP contribution in [-0.4, -0.2) is 77.4 Å². The minimum Gasteiger partial charge on any atom is -0.447 e. The van der Waals surface area contributed by atoms with Crippen molar-refractivity contribution in [3.8, 4) is 0 Å². The topological polar surface area (TPSA) is 82.2 Å². The molecule has 0 aromatic heterocycles. The van der Waals surface area contributed by atoms with Crippen molar-refractivity contribution in [2.45, 2.75) is 50.1 Å². The number of nitrogens with zero attached hydrogens (tertiary/aromatic N) is 3. The fraction of sp³-hybridized carbons (Fsp3) is 0.481. The van der Waals surface area contributed by atoms with Gasteiger partial charge in [0.1, 0.15) is 6.61 Å². The summed E-state index contributed by atoms with van der Waals surface area (Å²) >= 11 is 6.04. The highest BCUT2D eigenvalue weighted by Gasteiger charge is 2.32. The van der Waals surface area contributed by atoms with Gasteiger partial charge < -0.3 is 15.0 Å².